The topological polar surface area (TPSA) is 123 Å². The first-order valence-corrected chi connectivity index (χ1v) is 18.5. The number of benzene rings is 2. The molecular weight excluding hydrogens is 626 g/mol. The lowest BCUT2D eigenvalue weighted by Gasteiger charge is -2.27. The number of halogens is 1. The van der Waals surface area contributed by atoms with Gasteiger partial charge in [0, 0.05) is 74.1 Å². The van der Waals surface area contributed by atoms with Gasteiger partial charge in [-0.05, 0) is 61.2 Å². The predicted molar refractivity (Wildman–Crippen MR) is 170 cm³/mol. The van der Waals surface area contributed by atoms with E-state index in [4.69, 9.17) is 26.2 Å². The molecule has 5 rings (SSSR count). The quantitative estimate of drug-likeness (QED) is 0.276. The number of ether oxygens (including phenoxy) is 2. The second-order valence-electron chi connectivity index (χ2n) is 11.1. The number of hydrogen-bond acceptors (Lipinski definition) is 8. The summed E-state index contributed by atoms with van der Waals surface area (Å²) in [6.07, 6.45) is 3.86. The number of rotatable bonds is 13. The minimum Gasteiger partial charge on any atom is -0.497 e. The van der Waals surface area contributed by atoms with Crippen LogP contribution in [0.25, 0.3) is 11.3 Å². The van der Waals surface area contributed by atoms with Crippen molar-refractivity contribution in [2.45, 2.75) is 43.7 Å². The van der Waals surface area contributed by atoms with Crippen LogP contribution in [0, 0.1) is 0 Å². The van der Waals surface area contributed by atoms with Crippen molar-refractivity contribution in [1.29, 1.82) is 0 Å². The fourth-order valence-electron chi connectivity index (χ4n) is 5.67. The Morgan fingerprint density at radius 3 is 2.45 bits per heavy atom. The SMILES string of the molecule is COc1ccc(S(=O)(=O)NCCCc2cc(-c3nn(CCCN4CCOCC4)c4c3CN(S(C)(=O)=O)CC4)ccc2Cl)cc1. The Balaban J connectivity index is 1.30. The lowest BCUT2D eigenvalue weighted by atomic mass is 9.99. The van der Waals surface area contributed by atoms with Crippen LogP contribution < -0.4 is 9.46 Å². The van der Waals surface area contributed by atoms with Crippen LogP contribution in [0.1, 0.15) is 29.7 Å². The number of fused-ring (bicyclic) bond motifs is 1. The molecule has 1 fully saturated rings. The molecule has 14 heteroatoms. The monoisotopic (exact) mass is 665 g/mol. The zero-order valence-corrected chi connectivity index (χ0v) is 27.6. The van der Waals surface area contributed by atoms with Crippen LogP contribution in [-0.2, 0) is 50.7 Å². The summed E-state index contributed by atoms with van der Waals surface area (Å²) in [4.78, 5) is 2.57. The lowest BCUT2D eigenvalue weighted by Crippen LogP contribution is -2.37. The molecule has 1 aromatic heterocycles. The van der Waals surface area contributed by atoms with E-state index < -0.39 is 20.0 Å². The minimum absolute atomic E-state index is 0.173. The molecule has 0 unspecified atom stereocenters. The van der Waals surface area contributed by atoms with Gasteiger partial charge in [0.05, 0.1) is 37.2 Å². The zero-order valence-electron chi connectivity index (χ0n) is 25.2. The summed E-state index contributed by atoms with van der Waals surface area (Å²) in [7, 11) is -5.49. The highest BCUT2D eigenvalue weighted by Crippen LogP contribution is 2.33. The maximum Gasteiger partial charge on any atom is 0.240 e. The molecular formula is C30H40ClN5O6S2. The first kappa shape index (κ1) is 32.9. The van der Waals surface area contributed by atoms with E-state index in [9.17, 15) is 16.8 Å². The Morgan fingerprint density at radius 1 is 1.00 bits per heavy atom. The summed E-state index contributed by atoms with van der Waals surface area (Å²) in [5, 5.41) is 5.60. The third kappa shape index (κ3) is 8.00. The van der Waals surface area contributed by atoms with Crippen LogP contribution >= 0.6 is 11.6 Å². The molecule has 11 nitrogen and oxygen atoms in total. The lowest BCUT2D eigenvalue weighted by molar-refractivity contribution is 0.0368. The van der Waals surface area contributed by atoms with E-state index in [0.717, 1.165) is 73.9 Å². The fourth-order valence-corrected chi connectivity index (χ4v) is 7.74. The molecule has 0 atom stereocenters. The van der Waals surface area contributed by atoms with Gasteiger partial charge < -0.3 is 9.47 Å². The number of sulfonamides is 2. The molecule has 2 aliphatic heterocycles. The Hall–Kier alpha value is -2.52. The number of aryl methyl sites for hydroxylation is 2. The van der Waals surface area contributed by atoms with E-state index in [1.54, 1.807) is 12.1 Å². The number of methoxy groups -OCH3 is 1. The van der Waals surface area contributed by atoms with E-state index in [1.165, 1.54) is 29.8 Å². The Morgan fingerprint density at radius 2 is 1.75 bits per heavy atom. The normalized spacial score (nSPS) is 16.6. The molecule has 1 saturated heterocycles. The summed E-state index contributed by atoms with van der Waals surface area (Å²) >= 11 is 6.57. The molecule has 3 heterocycles. The third-order valence-corrected chi connectivity index (χ3v) is 11.2. The van der Waals surface area contributed by atoms with Crippen LogP contribution in [0.4, 0.5) is 0 Å². The molecule has 0 aliphatic carbocycles. The molecule has 2 aliphatic rings. The molecule has 0 amide bonds. The standard InChI is InChI=1S/C30H40ClN5O6S2/c1-41-25-7-9-26(10-8-25)44(39,40)32-13-3-5-23-21-24(6-11-28(23)31)30-27-22-35(43(2,37)38)16-12-29(27)36(33-30)15-4-14-34-17-19-42-20-18-34/h6-11,21,32H,3-5,12-20,22H2,1-2H3. The molecule has 1 N–H and O–H groups in total. The number of nitrogens with zero attached hydrogens (tertiary/aromatic N) is 4. The van der Waals surface area contributed by atoms with Gasteiger partial charge in [0.2, 0.25) is 20.0 Å². The molecule has 0 radical (unpaired) electrons. The van der Waals surface area contributed by atoms with Crippen molar-refractivity contribution >= 4 is 31.6 Å². The van der Waals surface area contributed by atoms with Crippen LogP contribution in [0.5, 0.6) is 5.75 Å². The highest BCUT2D eigenvalue weighted by Gasteiger charge is 2.30. The Labute approximate surface area is 265 Å². The average Bonchev–Trinajstić information content (AvgIpc) is 3.38. The van der Waals surface area contributed by atoms with Crippen molar-refractivity contribution in [2.75, 3.05) is 59.3 Å². The van der Waals surface area contributed by atoms with Crippen LogP contribution in [0.3, 0.4) is 0 Å². The zero-order chi connectivity index (χ0) is 31.3. The van der Waals surface area contributed by atoms with Crippen molar-refractivity contribution in [1.82, 2.24) is 23.7 Å². The predicted octanol–water partition coefficient (Wildman–Crippen LogP) is 3.16. The molecule has 0 spiro atoms. The molecule has 0 bridgehead atoms. The van der Waals surface area contributed by atoms with Gasteiger partial charge in [-0.3, -0.25) is 9.58 Å². The van der Waals surface area contributed by atoms with E-state index >= 15 is 0 Å². The van der Waals surface area contributed by atoms with Gasteiger partial charge in [0.15, 0.2) is 0 Å². The van der Waals surface area contributed by atoms with Gasteiger partial charge >= 0.3 is 0 Å². The second kappa shape index (κ2) is 14.3. The highest BCUT2D eigenvalue weighted by atomic mass is 35.5. The fraction of sp³-hybridized carbons (Fsp3) is 0.500. The van der Waals surface area contributed by atoms with Crippen molar-refractivity contribution in [3.8, 4) is 17.0 Å². The smallest absolute Gasteiger partial charge is 0.240 e. The highest BCUT2D eigenvalue weighted by molar-refractivity contribution is 7.89. The van der Waals surface area contributed by atoms with E-state index in [-0.39, 0.29) is 18.0 Å². The second-order valence-corrected chi connectivity index (χ2v) is 15.3. The number of morpholine rings is 1. The molecule has 2 aromatic carbocycles. The molecule has 3 aromatic rings. The van der Waals surface area contributed by atoms with Crippen molar-refractivity contribution in [3.63, 3.8) is 0 Å². The van der Waals surface area contributed by atoms with Gasteiger partial charge in [0.1, 0.15) is 5.75 Å². The largest absolute Gasteiger partial charge is 0.497 e. The first-order chi connectivity index (χ1) is 21.0. The number of aromatic nitrogens is 2. The van der Waals surface area contributed by atoms with Crippen LogP contribution in [-0.4, -0.2) is 95.1 Å². The number of hydrogen-bond donors (Lipinski definition) is 1. The minimum atomic E-state index is -3.66. The van der Waals surface area contributed by atoms with Crippen LogP contribution in [0.15, 0.2) is 47.4 Å². The van der Waals surface area contributed by atoms with Crippen molar-refractivity contribution < 1.29 is 26.3 Å². The third-order valence-electron chi connectivity index (χ3n) is 8.12. The summed E-state index contributed by atoms with van der Waals surface area (Å²) in [5.41, 5.74) is 4.50. The van der Waals surface area contributed by atoms with Gasteiger partial charge in [-0.2, -0.15) is 9.40 Å². The molecule has 0 saturated carbocycles. The summed E-state index contributed by atoms with van der Waals surface area (Å²) < 4.78 is 67.1. The molecule has 44 heavy (non-hydrogen) atoms. The van der Waals surface area contributed by atoms with Crippen LogP contribution in [0.2, 0.25) is 5.02 Å². The summed E-state index contributed by atoms with van der Waals surface area (Å²) in [5.74, 6) is 0.585. The van der Waals surface area contributed by atoms with Gasteiger partial charge in [-0.15, -0.1) is 0 Å². The van der Waals surface area contributed by atoms with Crippen molar-refractivity contribution in [2.24, 2.45) is 0 Å². The molecule has 240 valence electrons. The van der Waals surface area contributed by atoms with E-state index in [1.807, 2.05) is 22.9 Å². The Kier molecular flexibility index (Phi) is 10.7. The average molecular weight is 666 g/mol. The Bertz CT molecular complexity index is 1660. The first-order valence-electron chi connectivity index (χ1n) is 14.8. The summed E-state index contributed by atoms with van der Waals surface area (Å²) in [6.45, 7) is 6.03. The van der Waals surface area contributed by atoms with Gasteiger partial charge in [0.25, 0.3) is 0 Å². The summed E-state index contributed by atoms with van der Waals surface area (Å²) in [6, 6.07) is 12.0. The van der Waals surface area contributed by atoms with Gasteiger partial charge in [-0.25, -0.2) is 21.6 Å². The van der Waals surface area contributed by atoms with Gasteiger partial charge in [-0.1, -0.05) is 17.7 Å². The van der Waals surface area contributed by atoms with E-state index in [0.29, 0.717) is 36.6 Å². The number of nitrogens with one attached hydrogen (secondary N) is 1. The maximum absolute atomic E-state index is 12.7. The van der Waals surface area contributed by atoms with E-state index in [2.05, 4.69) is 9.62 Å². The maximum atomic E-state index is 12.7. The van der Waals surface area contributed by atoms with Crippen molar-refractivity contribution in [3.05, 3.63) is 64.3 Å².